The van der Waals surface area contributed by atoms with Gasteiger partial charge in [-0.25, -0.2) is 0 Å². The Kier molecular flexibility index (Phi) is 10.3. The van der Waals surface area contributed by atoms with Crippen molar-refractivity contribution in [3.8, 4) is 0 Å². The molecule has 1 aromatic rings. The van der Waals surface area contributed by atoms with Crippen LogP contribution in [-0.2, 0) is 16.0 Å². The summed E-state index contributed by atoms with van der Waals surface area (Å²) in [5, 5.41) is 6.54. The smallest absolute Gasteiger partial charge is 0.305 e. The summed E-state index contributed by atoms with van der Waals surface area (Å²) in [6.45, 7) is 4.50. The number of aryl methyl sites for hydroxylation is 1. The maximum Gasteiger partial charge on any atom is 0.305 e. The Morgan fingerprint density at radius 1 is 1.13 bits per heavy atom. The molecule has 1 rings (SSSR count). The summed E-state index contributed by atoms with van der Waals surface area (Å²) in [6, 6.07) is 10.5. The number of benzene rings is 1. The Bertz CT molecular complexity index is 461. The van der Waals surface area contributed by atoms with Gasteiger partial charge in [0.05, 0.1) is 7.11 Å². The summed E-state index contributed by atoms with van der Waals surface area (Å²) >= 11 is 0. The molecule has 0 radical (unpaired) electrons. The van der Waals surface area contributed by atoms with E-state index < -0.39 is 0 Å². The molecule has 5 heteroatoms. The Labute approximate surface area is 139 Å². The SMILES string of the molecule is CCNC(=NCCCc1ccccc1)NCCCCC(=O)OC. The lowest BCUT2D eigenvalue weighted by Gasteiger charge is -2.11. The molecule has 0 spiro atoms. The van der Waals surface area contributed by atoms with Crippen LogP contribution < -0.4 is 10.6 Å². The number of nitrogens with one attached hydrogen (secondary N) is 2. The molecule has 1 aromatic carbocycles. The van der Waals surface area contributed by atoms with Crippen LogP contribution in [0.15, 0.2) is 35.3 Å². The van der Waals surface area contributed by atoms with Gasteiger partial charge < -0.3 is 15.4 Å². The van der Waals surface area contributed by atoms with E-state index in [1.165, 1.54) is 12.7 Å². The molecule has 0 heterocycles. The van der Waals surface area contributed by atoms with Crippen LogP contribution in [0.3, 0.4) is 0 Å². The van der Waals surface area contributed by atoms with E-state index in [0.29, 0.717) is 6.42 Å². The van der Waals surface area contributed by atoms with Crippen LogP contribution in [-0.4, -0.2) is 38.7 Å². The van der Waals surface area contributed by atoms with Crippen LogP contribution in [0.2, 0.25) is 0 Å². The van der Waals surface area contributed by atoms with Gasteiger partial charge in [-0.15, -0.1) is 0 Å². The third kappa shape index (κ3) is 9.55. The Morgan fingerprint density at radius 2 is 1.91 bits per heavy atom. The zero-order valence-corrected chi connectivity index (χ0v) is 14.3. The van der Waals surface area contributed by atoms with Gasteiger partial charge in [0, 0.05) is 26.1 Å². The largest absolute Gasteiger partial charge is 0.469 e. The lowest BCUT2D eigenvalue weighted by molar-refractivity contribution is -0.140. The average Bonchev–Trinajstić information content (AvgIpc) is 2.58. The van der Waals surface area contributed by atoms with Crippen molar-refractivity contribution in [1.82, 2.24) is 10.6 Å². The number of esters is 1. The van der Waals surface area contributed by atoms with Gasteiger partial charge in [-0.2, -0.15) is 0 Å². The van der Waals surface area contributed by atoms with Crippen LogP contribution >= 0.6 is 0 Å². The molecule has 5 nitrogen and oxygen atoms in total. The highest BCUT2D eigenvalue weighted by Gasteiger charge is 2.00. The summed E-state index contributed by atoms with van der Waals surface area (Å²) in [5.74, 6) is 0.699. The van der Waals surface area contributed by atoms with Crippen LogP contribution in [0.4, 0.5) is 0 Å². The lowest BCUT2D eigenvalue weighted by atomic mass is 10.1. The van der Waals surface area contributed by atoms with Gasteiger partial charge in [0.2, 0.25) is 0 Å². The van der Waals surface area contributed by atoms with Gasteiger partial charge in [0.1, 0.15) is 0 Å². The second-order valence-corrected chi connectivity index (χ2v) is 5.31. The summed E-state index contributed by atoms with van der Waals surface area (Å²) in [6.07, 6.45) is 4.30. The van der Waals surface area contributed by atoms with E-state index in [4.69, 9.17) is 0 Å². The number of nitrogens with zero attached hydrogens (tertiary/aromatic N) is 1. The minimum atomic E-state index is -0.147. The minimum absolute atomic E-state index is 0.147. The number of carbonyl (C=O) groups is 1. The van der Waals surface area contributed by atoms with Crippen LogP contribution in [0.1, 0.15) is 38.2 Å². The number of hydrogen-bond acceptors (Lipinski definition) is 3. The number of hydrogen-bond donors (Lipinski definition) is 2. The van der Waals surface area contributed by atoms with E-state index in [1.54, 1.807) is 0 Å². The molecule has 0 saturated heterocycles. The zero-order chi connectivity index (χ0) is 16.8. The summed E-state index contributed by atoms with van der Waals surface area (Å²) < 4.78 is 4.62. The van der Waals surface area contributed by atoms with E-state index in [0.717, 1.165) is 51.3 Å². The van der Waals surface area contributed by atoms with E-state index in [2.05, 4.69) is 51.6 Å². The monoisotopic (exact) mass is 319 g/mol. The molecule has 0 aliphatic carbocycles. The standard InChI is InChI=1S/C18H29N3O2/c1-3-19-18(20-14-8-7-13-17(22)23-2)21-15-9-12-16-10-5-4-6-11-16/h4-6,10-11H,3,7-9,12-15H2,1-2H3,(H2,19,20,21). The first-order chi connectivity index (χ1) is 11.3. The van der Waals surface area contributed by atoms with Crippen LogP contribution in [0.25, 0.3) is 0 Å². The molecule has 0 atom stereocenters. The fourth-order valence-electron chi connectivity index (χ4n) is 2.16. The first-order valence-corrected chi connectivity index (χ1v) is 8.39. The maximum atomic E-state index is 11.0. The molecule has 2 N–H and O–H groups in total. The fraction of sp³-hybridized carbons (Fsp3) is 0.556. The van der Waals surface area contributed by atoms with Crippen molar-refractivity contribution in [2.75, 3.05) is 26.7 Å². The highest BCUT2D eigenvalue weighted by Crippen LogP contribution is 2.02. The molecule has 0 aliphatic heterocycles. The van der Waals surface area contributed by atoms with Crippen LogP contribution in [0.5, 0.6) is 0 Å². The molecule has 0 amide bonds. The molecule has 0 unspecified atom stereocenters. The molecule has 128 valence electrons. The second kappa shape index (κ2) is 12.5. The Morgan fingerprint density at radius 3 is 2.61 bits per heavy atom. The van der Waals surface area contributed by atoms with E-state index >= 15 is 0 Å². The maximum absolute atomic E-state index is 11.0. The van der Waals surface area contributed by atoms with E-state index in [-0.39, 0.29) is 5.97 Å². The van der Waals surface area contributed by atoms with Gasteiger partial charge in [-0.05, 0) is 38.2 Å². The summed E-state index contributed by atoms with van der Waals surface area (Å²) in [7, 11) is 1.42. The number of aliphatic imine (C=N–C) groups is 1. The number of rotatable bonds is 10. The first kappa shape index (κ1) is 19.0. The van der Waals surface area contributed by atoms with E-state index in [1.807, 2.05) is 6.07 Å². The quantitative estimate of drug-likeness (QED) is 0.301. The summed E-state index contributed by atoms with van der Waals surface area (Å²) in [5.41, 5.74) is 1.35. The number of methoxy groups -OCH3 is 1. The number of ether oxygens (including phenoxy) is 1. The Balaban J connectivity index is 2.20. The van der Waals surface area contributed by atoms with Crippen molar-refractivity contribution < 1.29 is 9.53 Å². The van der Waals surface area contributed by atoms with Crippen molar-refractivity contribution in [3.05, 3.63) is 35.9 Å². The number of carbonyl (C=O) groups excluding carboxylic acids is 1. The lowest BCUT2D eigenvalue weighted by Crippen LogP contribution is -2.37. The van der Waals surface area contributed by atoms with E-state index in [9.17, 15) is 4.79 Å². The number of guanidine groups is 1. The van der Waals surface area contributed by atoms with Crippen molar-refractivity contribution in [2.24, 2.45) is 4.99 Å². The topological polar surface area (TPSA) is 62.7 Å². The van der Waals surface area contributed by atoms with Crippen molar-refractivity contribution in [3.63, 3.8) is 0 Å². The molecule has 0 aliphatic rings. The van der Waals surface area contributed by atoms with Gasteiger partial charge in [-0.1, -0.05) is 30.3 Å². The molecule has 0 fully saturated rings. The second-order valence-electron chi connectivity index (χ2n) is 5.31. The van der Waals surface area contributed by atoms with Crippen molar-refractivity contribution >= 4 is 11.9 Å². The third-order valence-corrected chi connectivity index (χ3v) is 3.41. The predicted molar refractivity (Wildman–Crippen MR) is 94.6 cm³/mol. The van der Waals surface area contributed by atoms with Gasteiger partial charge >= 0.3 is 5.97 Å². The highest BCUT2D eigenvalue weighted by molar-refractivity contribution is 5.79. The van der Waals surface area contributed by atoms with Crippen molar-refractivity contribution in [2.45, 2.75) is 39.0 Å². The molecular formula is C18H29N3O2. The number of unbranched alkanes of at least 4 members (excludes halogenated alkanes) is 1. The fourth-order valence-corrected chi connectivity index (χ4v) is 2.16. The summed E-state index contributed by atoms with van der Waals surface area (Å²) in [4.78, 5) is 15.6. The van der Waals surface area contributed by atoms with Gasteiger partial charge in [0.15, 0.2) is 5.96 Å². The average molecular weight is 319 g/mol. The van der Waals surface area contributed by atoms with Gasteiger partial charge in [-0.3, -0.25) is 9.79 Å². The third-order valence-electron chi connectivity index (χ3n) is 3.41. The normalized spacial score (nSPS) is 11.1. The first-order valence-electron chi connectivity index (χ1n) is 8.39. The molecule has 23 heavy (non-hydrogen) atoms. The predicted octanol–water partition coefficient (Wildman–Crippen LogP) is 2.52. The molecule has 0 bridgehead atoms. The Hall–Kier alpha value is -2.04. The highest BCUT2D eigenvalue weighted by atomic mass is 16.5. The zero-order valence-electron chi connectivity index (χ0n) is 14.3. The molecular weight excluding hydrogens is 290 g/mol. The van der Waals surface area contributed by atoms with Crippen LogP contribution in [0, 0.1) is 0 Å². The molecule has 0 aromatic heterocycles. The minimum Gasteiger partial charge on any atom is -0.469 e. The molecule has 0 saturated carbocycles. The van der Waals surface area contributed by atoms with Crippen molar-refractivity contribution in [1.29, 1.82) is 0 Å². The van der Waals surface area contributed by atoms with Gasteiger partial charge in [0.25, 0.3) is 0 Å².